The van der Waals surface area contributed by atoms with Gasteiger partial charge >= 0.3 is 0 Å². The van der Waals surface area contributed by atoms with Crippen molar-refractivity contribution in [2.75, 3.05) is 0 Å². The lowest BCUT2D eigenvalue weighted by Gasteiger charge is -2.71. The van der Waals surface area contributed by atoms with Crippen molar-refractivity contribution in [3.63, 3.8) is 0 Å². The minimum absolute atomic E-state index is 0.0953. The zero-order chi connectivity index (χ0) is 16.8. The molecule has 1 nitrogen and oxygen atoms in total. The minimum Gasteiger partial charge on any atom is -0.384 e. The van der Waals surface area contributed by atoms with Crippen LogP contribution in [0, 0.1) is 29.1 Å². The summed E-state index contributed by atoms with van der Waals surface area (Å²) in [4.78, 5) is 0. The Morgan fingerprint density at radius 2 is 1.56 bits per heavy atom. The molecule has 5 aliphatic rings. The summed E-state index contributed by atoms with van der Waals surface area (Å²) in [6, 6.07) is 16.6. The topological polar surface area (TPSA) is 20.2 Å². The molecule has 0 radical (unpaired) electrons. The van der Waals surface area contributed by atoms with E-state index in [1.54, 1.807) is 0 Å². The molecule has 5 fully saturated rings. The number of fused-ring (bicyclic) bond motifs is 1. The lowest BCUT2D eigenvalue weighted by atomic mass is 9.35. The molecule has 4 bridgehead atoms. The van der Waals surface area contributed by atoms with Crippen molar-refractivity contribution >= 4 is 11.6 Å². The molecule has 6 unspecified atom stereocenters. The fraction of sp³-hybridized carbons (Fsp3) is 0.478. The van der Waals surface area contributed by atoms with Crippen molar-refractivity contribution in [3.8, 4) is 11.1 Å². The van der Waals surface area contributed by atoms with Crippen LogP contribution in [0.5, 0.6) is 0 Å². The first-order chi connectivity index (χ1) is 12.1. The molecule has 1 N–H and O–H groups in total. The molecule has 2 heteroatoms. The van der Waals surface area contributed by atoms with Gasteiger partial charge in [0.2, 0.25) is 0 Å². The van der Waals surface area contributed by atoms with Gasteiger partial charge in [0.1, 0.15) is 5.60 Å². The van der Waals surface area contributed by atoms with Gasteiger partial charge in [-0.25, -0.2) is 0 Å². The van der Waals surface area contributed by atoms with Gasteiger partial charge in [0.05, 0.1) is 0 Å². The Morgan fingerprint density at radius 1 is 0.840 bits per heavy atom. The summed E-state index contributed by atoms with van der Waals surface area (Å²) in [6.07, 6.45) is 6.35. The smallest absolute Gasteiger partial charge is 0.101 e. The van der Waals surface area contributed by atoms with Gasteiger partial charge in [-0.1, -0.05) is 54.1 Å². The van der Waals surface area contributed by atoms with Crippen LogP contribution in [-0.2, 0) is 5.60 Å². The van der Waals surface area contributed by atoms with E-state index in [0.717, 1.165) is 39.5 Å². The fourth-order valence-corrected chi connectivity index (χ4v) is 7.92. The van der Waals surface area contributed by atoms with Crippen LogP contribution in [0.2, 0.25) is 5.02 Å². The van der Waals surface area contributed by atoms with Gasteiger partial charge in [0.15, 0.2) is 0 Å². The standard InChI is InChI=1S/C23H23ClO/c24-20-8-4-7-17(16-5-2-1-3-6-16)21(20)23(25)19-11-15-9-14-10-18(19)22(23,12-14)13-15/h1-8,14-15,18-19,25H,9-13H2. The van der Waals surface area contributed by atoms with E-state index >= 15 is 0 Å². The van der Waals surface area contributed by atoms with Gasteiger partial charge in [0, 0.05) is 16.0 Å². The third kappa shape index (κ3) is 1.61. The van der Waals surface area contributed by atoms with Crippen molar-refractivity contribution < 1.29 is 5.11 Å². The summed E-state index contributed by atoms with van der Waals surface area (Å²) in [5, 5.41) is 12.9. The Kier molecular flexibility index (Phi) is 2.78. The van der Waals surface area contributed by atoms with Gasteiger partial charge in [-0.15, -0.1) is 0 Å². The van der Waals surface area contributed by atoms with E-state index in [9.17, 15) is 5.11 Å². The second kappa shape index (κ2) is 4.69. The molecular weight excluding hydrogens is 328 g/mol. The first-order valence-corrected chi connectivity index (χ1v) is 10.1. The van der Waals surface area contributed by atoms with Crippen LogP contribution < -0.4 is 0 Å². The average molecular weight is 351 g/mol. The molecule has 0 aliphatic heterocycles. The molecule has 0 amide bonds. The van der Waals surface area contributed by atoms with Crippen LogP contribution in [-0.4, -0.2) is 5.11 Å². The van der Waals surface area contributed by atoms with Gasteiger partial charge in [-0.05, 0) is 73.0 Å². The molecule has 0 saturated heterocycles. The maximum absolute atomic E-state index is 12.2. The van der Waals surface area contributed by atoms with Crippen molar-refractivity contribution in [2.45, 2.75) is 37.7 Å². The first kappa shape index (κ1) is 14.8. The molecule has 0 aromatic heterocycles. The molecule has 1 spiro atoms. The predicted molar refractivity (Wildman–Crippen MR) is 100 cm³/mol. The van der Waals surface area contributed by atoms with Crippen molar-refractivity contribution in [2.24, 2.45) is 29.1 Å². The fourth-order valence-electron chi connectivity index (χ4n) is 7.60. The largest absolute Gasteiger partial charge is 0.384 e. The maximum Gasteiger partial charge on any atom is 0.101 e. The van der Waals surface area contributed by atoms with E-state index in [1.165, 1.54) is 32.1 Å². The quantitative estimate of drug-likeness (QED) is 0.741. The summed E-state index contributed by atoms with van der Waals surface area (Å²) in [7, 11) is 0. The van der Waals surface area contributed by atoms with E-state index in [1.807, 2.05) is 18.2 Å². The number of hydrogen-bond donors (Lipinski definition) is 1. The van der Waals surface area contributed by atoms with Crippen molar-refractivity contribution in [1.82, 2.24) is 0 Å². The molecule has 7 rings (SSSR count). The lowest BCUT2D eigenvalue weighted by molar-refractivity contribution is -0.302. The van der Waals surface area contributed by atoms with Crippen LogP contribution in [0.15, 0.2) is 48.5 Å². The molecule has 6 atom stereocenters. The van der Waals surface area contributed by atoms with Crippen molar-refractivity contribution in [3.05, 3.63) is 59.1 Å². The molecular formula is C23H23ClO. The van der Waals surface area contributed by atoms with E-state index in [0.29, 0.717) is 5.92 Å². The highest BCUT2D eigenvalue weighted by Crippen LogP contribution is 2.82. The van der Waals surface area contributed by atoms with Crippen LogP contribution in [0.3, 0.4) is 0 Å². The zero-order valence-corrected chi connectivity index (χ0v) is 15.0. The summed E-state index contributed by atoms with van der Waals surface area (Å²) in [6.45, 7) is 0. The predicted octanol–water partition coefficient (Wildman–Crippen LogP) is 5.65. The van der Waals surface area contributed by atoms with E-state index in [-0.39, 0.29) is 5.41 Å². The second-order valence-corrected chi connectivity index (χ2v) is 9.42. The normalized spacial score (nSPS) is 43.1. The van der Waals surface area contributed by atoms with Gasteiger partial charge in [-0.3, -0.25) is 0 Å². The van der Waals surface area contributed by atoms with Crippen molar-refractivity contribution in [1.29, 1.82) is 0 Å². The monoisotopic (exact) mass is 350 g/mol. The van der Waals surface area contributed by atoms with Crippen LogP contribution in [0.1, 0.15) is 37.7 Å². The molecule has 25 heavy (non-hydrogen) atoms. The van der Waals surface area contributed by atoms with E-state index in [2.05, 4.69) is 30.3 Å². The highest BCUT2D eigenvalue weighted by molar-refractivity contribution is 6.32. The van der Waals surface area contributed by atoms with Gasteiger partial charge in [0.25, 0.3) is 0 Å². The van der Waals surface area contributed by atoms with Crippen LogP contribution in [0.4, 0.5) is 0 Å². The summed E-state index contributed by atoms with van der Waals surface area (Å²) >= 11 is 6.76. The maximum atomic E-state index is 12.2. The molecule has 2 aromatic rings. The Hall–Kier alpha value is -1.31. The highest BCUT2D eigenvalue weighted by atomic mass is 35.5. The number of aliphatic hydroxyl groups is 1. The third-order valence-corrected chi connectivity index (χ3v) is 8.43. The number of rotatable bonds is 2. The number of benzene rings is 2. The Balaban J connectivity index is 1.58. The molecule has 5 saturated carbocycles. The van der Waals surface area contributed by atoms with Crippen LogP contribution >= 0.6 is 11.6 Å². The Labute approximate surface area is 154 Å². The molecule has 128 valence electrons. The van der Waals surface area contributed by atoms with Gasteiger partial charge in [-0.2, -0.15) is 0 Å². The van der Waals surface area contributed by atoms with E-state index < -0.39 is 5.60 Å². The third-order valence-electron chi connectivity index (χ3n) is 8.12. The Bertz CT molecular complexity index is 862. The zero-order valence-electron chi connectivity index (χ0n) is 14.3. The summed E-state index contributed by atoms with van der Waals surface area (Å²) < 4.78 is 0. The summed E-state index contributed by atoms with van der Waals surface area (Å²) in [5.41, 5.74) is 2.67. The minimum atomic E-state index is -0.729. The first-order valence-electron chi connectivity index (χ1n) is 9.70. The summed E-state index contributed by atoms with van der Waals surface area (Å²) in [5.74, 6) is 2.80. The number of halogens is 1. The molecule has 2 aromatic carbocycles. The second-order valence-electron chi connectivity index (χ2n) is 9.01. The van der Waals surface area contributed by atoms with E-state index in [4.69, 9.17) is 11.6 Å². The lowest BCUT2D eigenvalue weighted by Crippen LogP contribution is -2.70. The average Bonchev–Trinajstić information content (AvgIpc) is 2.79. The van der Waals surface area contributed by atoms with Crippen LogP contribution in [0.25, 0.3) is 11.1 Å². The Morgan fingerprint density at radius 3 is 2.32 bits per heavy atom. The SMILES string of the molecule is OC1(c2c(Cl)cccc2-c2ccccc2)C2CC3CC4CC2C1(C4)C3. The highest BCUT2D eigenvalue weighted by Gasteiger charge is 2.79. The van der Waals surface area contributed by atoms with Gasteiger partial charge < -0.3 is 5.11 Å². The number of hydrogen-bond acceptors (Lipinski definition) is 1. The molecule has 0 heterocycles. The molecule has 5 aliphatic carbocycles.